The summed E-state index contributed by atoms with van der Waals surface area (Å²) in [6.45, 7) is 2.17. The van der Waals surface area contributed by atoms with Crippen LogP contribution in [0.4, 0.5) is 5.82 Å². The summed E-state index contributed by atoms with van der Waals surface area (Å²) in [5.74, 6) is -0.724. The molecule has 2 N–H and O–H groups in total. The van der Waals surface area contributed by atoms with Crippen LogP contribution >= 0.6 is 0 Å². The number of hydrogen-bond acceptors (Lipinski definition) is 4. The van der Waals surface area contributed by atoms with Crippen molar-refractivity contribution in [3.05, 3.63) is 100.0 Å². The monoisotopic (exact) mass is 385 g/mol. The lowest BCUT2D eigenvalue weighted by atomic mass is 10.1. The van der Waals surface area contributed by atoms with Crippen molar-refractivity contribution in [2.45, 2.75) is 13.5 Å². The Labute approximate surface area is 167 Å². The summed E-state index contributed by atoms with van der Waals surface area (Å²) in [6, 6.07) is 19.9. The van der Waals surface area contributed by atoms with Crippen molar-refractivity contribution in [3.63, 3.8) is 0 Å². The number of rotatable bonds is 4. The largest absolute Gasteiger partial charge is 0.506 e. The van der Waals surface area contributed by atoms with Gasteiger partial charge in [-0.15, -0.1) is 0 Å². The molecule has 0 bridgehead atoms. The number of carbonyl (C=O) groups is 1. The topological polar surface area (TPSA) is 84.2 Å². The molecule has 0 aliphatic heterocycles. The van der Waals surface area contributed by atoms with Gasteiger partial charge in [0.1, 0.15) is 17.1 Å². The minimum absolute atomic E-state index is 0.281. The van der Waals surface area contributed by atoms with Gasteiger partial charge in [-0.3, -0.25) is 9.59 Å². The maximum absolute atomic E-state index is 13.2. The standard InChI is InChI=1S/C23H19N3O3/c1-15-11-12-19(24-13-15)25-22(28)20-21(27)17-9-5-6-10-18(17)26(23(20)29)14-16-7-3-2-4-8-16/h2-13,27H,14H2,1H3,(H,24,25,28). The average molecular weight is 385 g/mol. The van der Waals surface area contributed by atoms with E-state index >= 15 is 0 Å². The third kappa shape index (κ3) is 3.60. The smallest absolute Gasteiger partial charge is 0.268 e. The van der Waals surface area contributed by atoms with Gasteiger partial charge in [-0.05, 0) is 36.2 Å². The van der Waals surface area contributed by atoms with Gasteiger partial charge < -0.3 is 15.0 Å². The van der Waals surface area contributed by atoms with Crippen LogP contribution in [0.1, 0.15) is 21.5 Å². The van der Waals surface area contributed by atoms with Crippen LogP contribution < -0.4 is 10.9 Å². The molecule has 0 spiro atoms. The second-order valence-corrected chi connectivity index (χ2v) is 6.79. The van der Waals surface area contributed by atoms with Crippen molar-refractivity contribution in [3.8, 4) is 5.75 Å². The lowest BCUT2D eigenvalue weighted by molar-refractivity contribution is 0.102. The van der Waals surface area contributed by atoms with Gasteiger partial charge in [0.25, 0.3) is 11.5 Å². The first-order valence-corrected chi connectivity index (χ1v) is 9.17. The van der Waals surface area contributed by atoms with E-state index in [1.807, 2.05) is 37.3 Å². The number of nitrogens with zero attached hydrogens (tertiary/aromatic N) is 2. The summed E-state index contributed by atoms with van der Waals surface area (Å²) in [5, 5.41) is 13.8. The molecule has 0 saturated heterocycles. The summed E-state index contributed by atoms with van der Waals surface area (Å²) >= 11 is 0. The van der Waals surface area contributed by atoms with Gasteiger partial charge in [-0.1, -0.05) is 48.5 Å². The number of carbonyl (C=O) groups excluding carboxylic acids is 1. The van der Waals surface area contributed by atoms with E-state index in [1.54, 1.807) is 42.6 Å². The molecule has 0 radical (unpaired) electrons. The maximum atomic E-state index is 13.2. The second-order valence-electron chi connectivity index (χ2n) is 6.79. The quantitative estimate of drug-likeness (QED) is 0.561. The molecule has 6 heteroatoms. The zero-order valence-electron chi connectivity index (χ0n) is 15.8. The SMILES string of the molecule is Cc1ccc(NC(=O)c2c(O)c3ccccc3n(Cc3ccccc3)c2=O)nc1. The average Bonchev–Trinajstić information content (AvgIpc) is 2.74. The Morgan fingerprint density at radius 3 is 2.48 bits per heavy atom. The molecule has 0 unspecified atom stereocenters. The molecule has 4 aromatic rings. The molecular weight excluding hydrogens is 366 g/mol. The van der Waals surface area contributed by atoms with E-state index in [2.05, 4.69) is 10.3 Å². The van der Waals surface area contributed by atoms with Crippen LogP contribution in [0, 0.1) is 6.92 Å². The summed E-state index contributed by atoms with van der Waals surface area (Å²) in [7, 11) is 0. The number of para-hydroxylation sites is 1. The molecule has 1 amide bonds. The number of pyridine rings is 2. The number of amides is 1. The van der Waals surface area contributed by atoms with Crippen LogP contribution in [0.5, 0.6) is 5.75 Å². The summed E-state index contributed by atoms with van der Waals surface area (Å²) in [5.41, 5.74) is 1.55. The van der Waals surface area contributed by atoms with Crippen molar-refractivity contribution >= 4 is 22.6 Å². The number of aromatic hydroxyl groups is 1. The number of benzene rings is 2. The predicted molar refractivity (Wildman–Crippen MR) is 112 cm³/mol. The first kappa shape index (κ1) is 18.4. The number of nitrogens with one attached hydrogen (secondary N) is 1. The first-order valence-electron chi connectivity index (χ1n) is 9.17. The summed E-state index contributed by atoms with van der Waals surface area (Å²) in [6.07, 6.45) is 1.61. The predicted octanol–water partition coefficient (Wildman–Crippen LogP) is 3.71. The molecular formula is C23H19N3O3. The number of hydrogen-bond donors (Lipinski definition) is 2. The van der Waals surface area contributed by atoms with Gasteiger partial charge >= 0.3 is 0 Å². The number of aryl methyl sites for hydroxylation is 1. The van der Waals surface area contributed by atoms with E-state index in [0.717, 1.165) is 11.1 Å². The highest BCUT2D eigenvalue weighted by Crippen LogP contribution is 2.27. The van der Waals surface area contributed by atoms with E-state index < -0.39 is 11.5 Å². The van der Waals surface area contributed by atoms with Crippen LogP contribution in [0.15, 0.2) is 77.7 Å². The second kappa shape index (κ2) is 7.59. The Morgan fingerprint density at radius 1 is 1.03 bits per heavy atom. The molecule has 0 saturated carbocycles. The van der Waals surface area contributed by atoms with Gasteiger partial charge in [0, 0.05) is 11.6 Å². The van der Waals surface area contributed by atoms with Gasteiger partial charge in [0.05, 0.1) is 12.1 Å². The fourth-order valence-corrected chi connectivity index (χ4v) is 3.24. The van der Waals surface area contributed by atoms with E-state index in [4.69, 9.17) is 0 Å². The van der Waals surface area contributed by atoms with Crippen LogP contribution in [0.25, 0.3) is 10.9 Å². The highest BCUT2D eigenvalue weighted by molar-refractivity contribution is 6.08. The zero-order chi connectivity index (χ0) is 20.4. The van der Waals surface area contributed by atoms with Gasteiger partial charge in [-0.2, -0.15) is 0 Å². The van der Waals surface area contributed by atoms with E-state index in [1.165, 1.54) is 4.57 Å². The third-order valence-corrected chi connectivity index (χ3v) is 4.71. The van der Waals surface area contributed by atoms with Crippen molar-refractivity contribution in [2.24, 2.45) is 0 Å². The molecule has 6 nitrogen and oxygen atoms in total. The summed E-state index contributed by atoms with van der Waals surface area (Å²) in [4.78, 5) is 30.2. The van der Waals surface area contributed by atoms with Crippen LogP contribution in [-0.4, -0.2) is 20.6 Å². The third-order valence-electron chi connectivity index (χ3n) is 4.71. The van der Waals surface area contributed by atoms with Crippen molar-refractivity contribution in [1.29, 1.82) is 0 Å². The van der Waals surface area contributed by atoms with Crippen LogP contribution in [0.2, 0.25) is 0 Å². The minimum Gasteiger partial charge on any atom is -0.506 e. The van der Waals surface area contributed by atoms with E-state index in [9.17, 15) is 14.7 Å². The molecule has 4 rings (SSSR count). The molecule has 0 aliphatic carbocycles. The highest BCUT2D eigenvalue weighted by atomic mass is 16.3. The Balaban J connectivity index is 1.84. The van der Waals surface area contributed by atoms with Gasteiger partial charge in [-0.25, -0.2) is 4.98 Å². The van der Waals surface area contributed by atoms with Gasteiger partial charge in [0.15, 0.2) is 0 Å². The molecule has 0 atom stereocenters. The zero-order valence-corrected chi connectivity index (χ0v) is 15.8. The Bertz CT molecular complexity index is 1250. The van der Waals surface area contributed by atoms with Crippen LogP contribution in [-0.2, 0) is 6.54 Å². The number of aromatic nitrogens is 2. The van der Waals surface area contributed by atoms with E-state index in [0.29, 0.717) is 16.7 Å². The van der Waals surface area contributed by atoms with E-state index in [-0.39, 0.29) is 17.9 Å². The van der Waals surface area contributed by atoms with Crippen LogP contribution in [0.3, 0.4) is 0 Å². The highest BCUT2D eigenvalue weighted by Gasteiger charge is 2.22. The number of fused-ring (bicyclic) bond motifs is 1. The molecule has 29 heavy (non-hydrogen) atoms. The Kier molecular flexibility index (Phi) is 4.83. The molecule has 0 fully saturated rings. The normalized spacial score (nSPS) is 10.8. The van der Waals surface area contributed by atoms with Gasteiger partial charge in [0.2, 0.25) is 0 Å². The summed E-state index contributed by atoms with van der Waals surface area (Å²) < 4.78 is 1.50. The number of anilines is 1. The Hall–Kier alpha value is -3.93. The lowest BCUT2D eigenvalue weighted by Crippen LogP contribution is -2.30. The Morgan fingerprint density at radius 2 is 1.76 bits per heavy atom. The molecule has 2 aromatic heterocycles. The first-order chi connectivity index (χ1) is 14.0. The van der Waals surface area contributed by atoms with Crippen molar-refractivity contribution in [2.75, 3.05) is 5.32 Å². The molecule has 0 aliphatic rings. The lowest BCUT2D eigenvalue weighted by Gasteiger charge is -2.15. The molecule has 2 aromatic carbocycles. The molecule has 144 valence electrons. The maximum Gasteiger partial charge on any atom is 0.268 e. The minimum atomic E-state index is -0.698. The molecule has 2 heterocycles. The van der Waals surface area contributed by atoms with Crippen molar-refractivity contribution in [1.82, 2.24) is 9.55 Å². The fraction of sp³-hybridized carbons (Fsp3) is 0.0870. The van der Waals surface area contributed by atoms with Crippen molar-refractivity contribution < 1.29 is 9.90 Å². The fourth-order valence-electron chi connectivity index (χ4n) is 3.24.